The topological polar surface area (TPSA) is 107 Å². The van der Waals surface area contributed by atoms with Crippen LogP contribution < -0.4 is 0 Å². The Kier molecular flexibility index (Phi) is 30.0. The number of rotatable bonds is 28. The quantitative estimate of drug-likeness (QED) is 0.0410. The third-order valence-corrected chi connectivity index (χ3v) is 9.08. The Morgan fingerprint density at radius 2 is 0.976 bits per heavy atom. The fraction of sp³-hybridized carbons (Fsp3) is 0.938. The van der Waals surface area contributed by atoms with Gasteiger partial charge in [-0.15, -0.1) is 0 Å². The van der Waals surface area contributed by atoms with Crippen molar-refractivity contribution in [3.63, 3.8) is 0 Å². The molecule has 0 aliphatic carbocycles. The second kappa shape index (κ2) is 28.6. The van der Waals surface area contributed by atoms with Crippen LogP contribution >= 0.6 is 0 Å². The molecule has 0 rings (SSSR count). The molecular formula is C32H63NaO7S. The van der Waals surface area contributed by atoms with E-state index in [1.165, 1.54) is 77.0 Å². The number of carbonyl (C=O) groups is 2. The molecule has 9 heteroatoms. The molecule has 0 radical (unpaired) electrons. The Balaban J connectivity index is 0. The molecule has 7 nitrogen and oxygen atoms in total. The number of esters is 2. The predicted molar refractivity (Wildman–Crippen MR) is 171 cm³/mol. The van der Waals surface area contributed by atoms with Gasteiger partial charge < -0.3 is 9.47 Å². The van der Waals surface area contributed by atoms with Crippen LogP contribution in [0.2, 0.25) is 0 Å². The maximum absolute atomic E-state index is 12.6. The number of carbonyl (C=O) groups excluding carboxylic acids is 2. The van der Waals surface area contributed by atoms with Crippen LogP contribution in [0, 0.1) is 11.8 Å². The van der Waals surface area contributed by atoms with Crippen LogP contribution in [-0.4, -0.2) is 72.9 Å². The monoisotopic (exact) mass is 614 g/mol. The van der Waals surface area contributed by atoms with Crippen molar-refractivity contribution in [2.75, 3.05) is 13.2 Å². The van der Waals surface area contributed by atoms with Crippen molar-refractivity contribution in [3.05, 3.63) is 0 Å². The molecular weight excluding hydrogens is 551 g/mol. The third-order valence-electron chi connectivity index (χ3n) is 8.00. The number of ether oxygens (including phenoxy) is 2. The summed E-state index contributed by atoms with van der Waals surface area (Å²) in [5, 5.41) is -1.95. The summed E-state index contributed by atoms with van der Waals surface area (Å²) in [7, 11) is -4.80. The van der Waals surface area contributed by atoms with Crippen molar-refractivity contribution in [2.45, 2.75) is 168 Å². The molecule has 0 bridgehead atoms. The van der Waals surface area contributed by atoms with E-state index < -0.39 is 33.7 Å². The van der Waals surface area contributed by atoms with Gasteiger partial charge in [-0.3, -0.25) is 14.1 Å². The maximum atomic E-state index is 12.6. The first kappa shape index (κ1) is 43.0. The Morgan fingerprint density at radius 3 is 1.34 bits per heavy atom. The van der Waals surface area contributed by atoms with Crippen LogP contribution in [0.4, 0.5) is 0 Å². The molecule has 0 fully saturated rings. The van der Waals surface area contributed by atoms with Crippen LogP contribution in [0.5, 0.6) is 0 Å². The van der Waals surface area contributed by atoms with Gasteiger partial charge in [0.25, 0.3) is 10.1 Å². The van der Waals surface area contributed by atoms with Crippen LogP contribution in [-0.2, 0) is 29.2 Å². The molecule has 3 atom stereocenters. The first-order valence-electron chi connectivity index (χ1n) is 16.5. The van der Waals surface area contributed by atoms with E-state index in [1.807, 2.05) is 13.8 Å². The van der Waals surface area contributed by atoms with Crippen molar-refractivity contribution in [2.24, 2.45) is 11.8 Å². The molecule has 0 aliphatic heterocycles. The van der Waals surface area contributed by atoms with Crippen molar-refractivity contribution in [1.29, 1.82) is 0 Å². The Hall–Kier alpha value is -0.150. The van der Waals surface area contributed by atoms with E-state index in [1.54, 1.807) is 0 Å². The van der Waals surface area contributed by atoms with Crippen molar-refractivity contribution < 1.29 is 32.0 Å². The van der Waals surface area contributed by atoms with Gasteiger partial charge in [0.2, 0.25) is 0 Å². The number of unbranched alkanes of at least 4 members (excludes halogenated alkanes) is 14. The van der Waals surface area contributed by atoms with Crippen LogP contribution in [0.1, 0.15) is 163 Å². The SMILES string of the molecule is CCCCCCCCCCC(CC)COC(=O)CC(C(=O)OCC(CC)CCCCCCCCCC)S(=O)(=O)O.[NaH]. The molecule has 41 heavy (non-hydrogen) atoms. The minimum atomic E-state index is -4.80. The zero-order valence-corrected chi connectivity index (χ0v) is 27.1. The van der Waals surface area contributed by atoms with E-state index in [9.17, 15) is 22.6 Å². The fourth-order valence-electron chi connectivity index (χ4n) is 4.97. The van der Waals surface area contributed by atoms with E-state index >= 15 is 0 Å². The first-order chi connectivity index (χ1) is 19.2. The Labute approximate surface area is 275 Å². The van der Waals surface area contributed by atoms with Crippen molar-refractivity contribution >= 4 is 51.6 Å². The number of hydrogen-bond acceptors (Lipinski definition) is 6. The third kappa shape index (κ3) is 24.9. The molecule has 1 N–H and O–H groups in total. The molecule has 0 aliphatic rings. The first-order valence-corrected chi connectivity index (χ1v) is 18.0. The fourth-order valence-corrected chi connectivity index (χ4v) is 5.63. The normalized spacial score (nSPS) is 13.7. The molecule has 0 aromatic carbocycles. The standard InChI is InChI=1S/C32H62O7S.Na.H/c1-5-9-11-13-15-17-19-21-23-28(7-3)26-38-31(33)25-30(40(35,36)37)32(34)39-27-29(8-4)24-22-20-18-16-14-12-10-6-2;;/h28-30H,5-27H2,1-4H3,(H,35,36,37);;. The van der Waals surface area contributed by atoms with Gasteiger partial charge in [0.15, 0.2) is 5.25 Å². The second-order valence-electron chi connectivity index (χ2n) is 11.6. The van der Waals surface area contributed by atoms with Gasteiger partial charge in [0, 0.05) is 0 Å². The van der Waals surface area contributed by atoms with Gasteiger partial charge in [0.05, 0.1) is 19.6 Å². The summed E-state index contributed by atoms with van der Waals surface area (Å²) < 4.78 is 44.0. The minimum absolute atomic E-state index is 0. The van der Waals surface area contributed by atoms with Crippen molar-refractivity contribution in [3.8, 4) is 0 Å². The zero-order valence-electron chi connectivity index (χ0n) is 26.3. The summed E-state index contributed by atoms with van der Waals surface area (Å²) in [6.07, 6.45) is 22.4. The molecule has 0 saturated carbocycles. The molecule has 0 saturated heterocycles. The number of hydrogen-bond donors (Lipinski definition) is 1. The molecule has 0 spiro atoms. The molecule has 0 heterocycles. The summed E-state index contributed by atoms with van der Waals surface area (Å²) in [6.45, 7) is 8.76. The van der Waals surface area contributed by atoms with Gasteiger partial charge in [-0.1, -0.05) is 143 Å². The van der Waals surface area contributed by atoms with Gasteiger partial charge >= 0.3 is 41.5 Å². The summed E-state index contributed by atoms with van der Waals surface area (Å²) in [6, 6.07) is 0. The van der Waals surface area contributed by atoms with Gasteiger partial charge in [-0.05, 0) is 24.7 Å². The molecule has 240 valence electrons. The molecule has 0 aromatic rings. The summed E-state index contributed by atoms with van der Waals surface area (Å²) in [5.74, 6) is -1.57. The average molecular weight is 615 g/mol. The van der Waals surface area contributed by atoms with Crippen LogP contribution in [0.15, 0.2) is 0 Å². The Morgan fingerprint density at radius 1 is 0.610 bits per heavy atom. The summed E-state index contributed by atoms with van der Waals surface area (Å²) in [5.41, 5.74) is 0. The van der Waals surface area contributed by atoms with E-state index in [4.69, 9.17) is 9.47 Å². The molecule has 0 aromatic heterocycles. The van der Waals surface area contributed by atoms with Crippen LogP contribution in [0.25, 0.3) is 0 Å². The van der Waals surface area contributed by atoms with E-state index in [-0.39, 0.29) is 54.6 Å². The Bertz CT molecular complexity index is 730. The van der Waals surface area contributed by atoms with Gasteiger partial charge in [0.1, 0.15) is 0 Å². The van der Waals surface area contributed by atoms with E-state index in [2.05, 4.69) is 13.8 Å². The summed E-state index contributed by atoms with van der Waals surface area (Å²) in [4.78, 5) is 25.0. The van der Waals surface area contributed by atoms with Crippen LogP contribution in [0.3, 0.4) is 0 Å². The van der Waals surface area contributed by atoms with Gasteiger partial charge in [-0.2, -0.15) is 8.42 Å². The second-order valence-corrected chi connectivity index (χ2v) is 13.2. The van der Waals surface area contributed by atoms with E-state index in [0.29, 0.717) is 0 Å². The van der Waals surface area contributed by atoms with Crippen molar-refractivity contribution in [1.82, 2.24) is 0 Å². The zero-order chi connectivity index (χ0) is 30.1. The van der Waals surface area contributed by atoms with E-state index in [0.717, 1.165) is 51.4 Å². The molecule has 3 unspecified atom stereocenters. The molecule has 0 amide bonds. The summed E-state index contributed by atoms with van der Waals surface area (Å²) >= 11 is 0. The van der Waals surface area contributed by atoms with Gasteiger partial charge in [-0.25, -0.2) is 0 Å². The predicted octanol–water partition coefficient (Wildman–Crippen LogP) is 8.18. The average Bonchev–Trinajstić information content (AvgIpc) is 2.92.